The third-order valence-corrected chi connectivity index (χ3v) is 5.78. The zero-order chi connectivity index (χ0) is 14.4. The van der Waals surface area contributed by atoms with Gasteiger partial charge in [-0.2, -0.15) is 0 Å². The molecule has 1 aromatic rings. The number of carbonyl (C=O) groups excluding carboxylic acids is 1. The van der Waals surface area contributed by atoms with Crippen LogP contribution in [0.2, 0.25) is 5.02 Å². The van der Waals surface area contributed by atoms with E-state index in [1.807, 2.05) is 6.07 Å². The van der Waals surface area contributed by atoms with Crippen molar-refractivity contribution >= 4 is 33.4 Å². The van der Waals surface area contributed by atoms with E-state index in [0.29, 0.717) is 23.0 Å². The summed E-state index contributed by atoms with van der Waals surface area (Å²) in [5, 5.41) is 3.48. The van der Waals surface area contributed by atoms with Gasteiger partial charge in [-0.25, -0.2) is 0 Å². The Bertz CT molecular complexity index is 511. The molecule has 1 amide bonds. The smallest absolute Gasteiger partial charge is 0.252 e. The van der Waals surface area contributed by atoms with Crippen LogP contribution in [0.1, 0.15) is 38.1 Å². The first kappa shape index (κ1) is 14.9. The topological polar surface area (TPSA) is 29.1 Å². The Morgan fingerprint density at radius 1 is 1.32 bits per heavy atom. The van der Waals surface area contributed by atoms with Gasteiger partial charge in [0.15, 0.2) is 0 Å². The lowest BCUT2D eigenvalue weighted by Crippen LogP contribution is -2.27. The molecule has 1 saturated carbocycles. The zero-order valence-electron chi connectivity index (χ0n) is 11.7. The van der Waals surface area contributed by atoms with Gasteiger partial charge in [-0.05, 0) is 34.9 Å². The molecule has 0 saturated heterocycles. The van der Waals surface area contributed by atoms with Crippen LogP contribution in [0.15, 0.2) is 22.7 Å². The van der Waals surface area contributed by atoms with Gasteiger partial charge >= 0.3 is 0 Å². The molecule has 0 heterocycles. The van der Waals surface area contributed by atoms with Crippen LogP contribution in [-0.4, -0.2) is 12.5 Å². The van der Waals surface area contributed by atoms with E-state index < -0.39 is 0 Å². The summed E-state index contributed by atoms with van der Waals surface area (Å²) in [5.41, 5.74) is 1.08. The summed E-state index contributed by atoms with van der Waals surface area (Å²) in [4.78, 5) is 12.2. The van der Waals surface area contributed by atoms with Crippen molar-refractivity contribution in [2.45, 2.75) is 27.7 Å². The van der Waals surface area contributed by atoms with E-state index in [0.717, 1.165) is 4.47 Å². The molecular weight excluding hydrogens is 326 g/mol. The molecule has 0 unspecified atom stereocenters. The molecule has 1 aliphatic carbocycles. The van der Waals surface area contributed by atoms with Crippen molar-refractivity contribution in [1.29, 1.82) is 0 Å². The molecule has 0 aromatic heterocycles. The minimum atomic E-state index is -0.107. The molecule has 0 atom stereocenters. The van der Waals surface area contributed by atoms with Crippen molar-refractivity contribution in [3.8, 4) is 0 Å². The molecule has 2 nitrogen and oxygen atoms in total. The van der Waals surface area contributed by atoms with Gasteiger partial charge in [-0.1, -0.05) is 55.2 Å². The molecule has 0 bridgehead atoms. The van der Waals surface area contributed by atoms with Crippen LogP contribution in [0.25, 0.3) is 0 Å². The number of benzene rings is 1. The molecular formula is C15H19BrClNO. The van der Waals surface area contributed by atoms with Crippen LogP contribution in [0.3, 0.4) is 0 Å². The van der Waals surface area contributed by atoms with Crippen molar-refractivity contribution < 1.29 is 4.79 Å². The monoisotopic (exact) mass is 343 g/mol. The summed E-state index contributed by atoms with van der Waals surface area (Å²) in [6, 6.07) is 5.30. The average molecular weight is 345 g/mol. The van der Waals surface area contributed by atoms with Gasteiger partial charge in [0, 0.05) is 11.0 Å². The van der Waals surface area contributed by atoms with E-state index in [4.69, 9.17) is 11.6 Å². The molecule has 1 N–H and O–H groups in total. The number of rotatable bonds is 3. The van der Waals surface area contributed by atoms with Crippen LogP contribution >= 0.6 is 27.5 Å². The fourth-order valence-electron chi connectivity index (χ4n) is 2.80. The van der Waals surface area contributed by atoms with Gasteiger partial charge in [0.1, 0.15) is 0 Å². The highest BCUT2D eigenvalue weighted by Crippen LogP contribution is 2.67. The average Bonchev–Trinajstić information content (AvgIpc) is 2.70. The second kappa shape index (κ2) is 4.78. The predicted octanol–water partition coefficient (Wildman–Crippen LogP) is 4.51. The summed E-state index contributed by atoms with van der Waals surface area (Å²) in [7, 11) is 0. The summed E-state index contributed by atoms with van der Waals surface area (Å²) in [6.07, 6.45) is 0. The van der Waals surface area contributed by atoms with Crippen molar-refractivity contribution in [2.75, 3.05) is 6.54 Å². The summed E-state index contributed by atoms with van der Waals surface area (Å²) >= 11 is 9.41. The molecule has 2 rings (SSSR count). The van der Waals surface area contributed by atoms with E-state index in [2.05, 4.69) is 48.9 Å². The molecule has 1 fully saturated rings. The Hall–Kier alpha value is -0.540. The molecule has 0 radical (unpaired) electrons. The van der Waals surface area contributed by atoms with E-state index in [9.17, 15) is 4.79 Å². The van der Waals surface area contributed by atoms with Gasteiger partial charge < -0.3 is 5.32 Å². The fourth-order valence-corrected chi connectivity index (χ4v) is 3.37. The second-order valence-electron chi connectivity index (χ2n) is 6.33. The Balaban J connectivity index is 2.02. The van der Waals surface area contributed by atoms with E-state index in [-0.39, 0.29) is 16.7 Å². The minimum Gasteiger partial charge on any atom is -0.352 e. The first-order valence-corrected chi connectivity index (χ1v) is 7.58. The second-order valence-corrected chi connectivity index (χ2v) is 7.65. The van der Waals surface area contributed by atoms with Crippen molar-refractivity contribution in [3.05, 3.63) is 33.3 Å². The summed E-state index contributed by atoms with van der Waals surface area (Å²) in [6.45, 7) is 9.68. The van der Waals surface area contributed by atoms with E-state index >= 15 is 0 Å². The SMILES string of the molecule is CC1(C)C(CNC(=O)c2cc(Br)ccc2Cl)C1(C)C. The van der Waals surface area contributed by atoms with E-state index in [1.165, 1.54) is 0 Å². The van der Waals surface area contributed by atoms with Crippen LogP contribution in [0.5, 0.6) is 0 Å². The quantitative estimate of drug-likeness (QED) is 0.858. The molecule has 104 valence electrons. The maximum absolute atomic E-state index is 12.2. The van der Waals surface area contributed by atoms with Crippen LogP contribution < -0.4 is 5.32 Å². The predicted molar refractivity (Wildman–Crippen MR) is 82.5 cm³/mol. The normalized spacial score (nSPS) is 20.1. The third kappa shape index (κ3) is 2.55. The highest BCUT2D eigenvalue weighted by atomic mass is 79.9. The lowest BCUT2D eigenvalue weighted by Gasteiger charge is -2.08. The van der Waals surface area contributed by atoms with Crippen LogP contribution in [0.4, 0.5) is 0 Å². The van der Waals surface area contributed by atoms with Crippen molar-refractivity contribution in [2.24, 2.45) is 16.7 Å². The number of nitrogens with one attached hydrogen (secondary N) is 1. The van der Waals surface area contributed by atoms with Crippen molar-refractivity contribution in [1.82, 2.24) is 5.32 Å². The van der Waals surface area contributed by atoms with Gasteiger partial charge in [0.2, 0.25) is 0 Å². The molecule has 1 aromatic carbocycles. The van der Waals surface area contributed by atoms with E-state index in [1.54, 1.807) is 12.1 Å². The molecule has 4 heteroatoms. The largest absolute Gasteiger partial charge is 0.352 e. The Morgan fingerprint density at radius 3 is 2.42 bits per heavy atom. The number of hydrogen-bond acceptors (Lipinski definition) is 1. The van der Waals surface area contributed by atoms with Gasteiger partial charge in [-0.15, -0.1) is 0 Å². The highest BCUT2D eigenvalue weighted by molar-refractivity contribution is 9.10. The van der Waals surface area contributed by atoms with Crippen molar-refractivity contribution in [3.63, 3.8) is 0 Å². The zero-order valence-corrected chi connectivity index (χ0v) is 14.0. The number of amides is 1. The summed E-state index contributed by atoms with van der Waals surface area (Å²) in [5.74, 6) is 0.402. The lowest BCUT2D eigenvalue weighted by molar-refractivity contribution is 0.0950. The Labute approximate surface area is 128 Å². The number of halogens is 2. The third-order valence-electron chi connectivity index (χ3n) is 4.96. The maximum Gasteiger partial charge on any atom is 0.252 e. The Morgan fingerprint density at radius 2 is 1.89 bits per heavy atom. The number of hydrogen-bond donors (Lipinski definition) is 1. The first-order valence-electron chi connectivity index (χ1n) is 6.41. The van der Waals surface area contributed by atoms with Gasteiger partial charge in [0.05, 0.1) is 10.6 Å². The standard InChI is InChI=1S/C15H19BrClNO/c1-14(2)12(15(14,3)4)8-18-13(19)10-7-9(16)5-6-11(10)17/h5-7,12H,8H2,1-4H3,(H,18,19). The van der Waals surface area contributed by atoms with Gasteiger partial charge in [0.25, 0.3) is 5.91 Å². The minimum absolute atomic E-state index is 0.107. The Kier molecular flexibility index (Phi) is 3.74. The molecule has 1 aliphatic rings. The van der Waals surface area contributed by atoms with Gasteiger partial charge in [-0.3, -0.25) is 4.79 Å². The lowest BCUT2D eigenvalue weighted by atomic mass is 10.0. The van der Waals surface area contributed by atoms with Crippen LogP contribution in [0, 0.1) is 16.7 Å². The molecule has 19 heavy (non-hydrogen) atoms. The van der Waals surface area contributed by atoms with Crippen LogP contribution in [-0.2, 0) is 0 Å². The number of carbonyl (C=O) groups is 1. The maximum atomic E-state index is 12.2. The highest BCUT2D eigenvalue weighted by Gasteiger charge is 2.64. The summed E-state index contributed by atoms with van der Waals surface area (Å²) < 4.78 is 0.856. The molecule has 0 aliphatic heterocycles. The fraction of sp³-hybridized carbons (Fsp3) is 0.533. The first-order chi connectivity index (χ1) is 8.68. The molecule has 0 spiro atoms.